The highest BCUT2D eigenvalue weighted by atomic mass is 32.2. The number of thioether (sulfide) groups is 1. The molecule has 72 valence electrons. The third-order valence-corrected chi connectivity index (χ3v) is 4.05. The Hall–Kier alpha value is -0.480. The summed E-state index contributed by atoms with van der Waals surface area (Å²) < 4.78 is 1.88. The summed E-state index contributed by atoms with van der Waals surface area (Å²) in [6, 6.07) is 2.17. The van der Waals surface area contributed by atoms with Gasteiger partial charge in [-0.2, -0.15) is 16.9 Å². The summed E-state index contributed by atoms with van der Waals surface area (Å²) in [5.41, 5.74) is 7.32. The van der Waals surface area contributed by atoms with Crippen molar-refractivity contribution in [3.8, 4) is 0 Å². The van der Waals surface area contributed by atoms with Gasteiger partial charge in [0.25, 0.3) is 0 Å². The Kier molecular flexibility index (Phi) is 2.60. The van der Waals surface area contributed by atoms with E-state index in [1.165, 1.54) is 18.6 Å². The van der Waals surface area contributed by atoms with E-state index in [0.717, 1.165) is 5.69 Å². The molecule has 2 N–H and O–H groups in total. The molecule has 0 radical (unpaired) electrons. The van der Waals surface area contributed by atoms with Crippen LogP contribution >= 0.6 is 11.8 Å². The van der Waals surface area contributed by atoms with E-state index in [1.54, 1.807) is 0 Å². The van der Waals surface area contributed by atoms with Gasteiger partial charge in [0, 0.05) is 18.5 Å². The number of rotatable bonds is 2. The quantitative estimate of drug-likeness (QED) is 0.777. The van der Waals surface area contributed by atoms with Crippen LogP contribution in [0.5, 0.6) is 0 Å². The molecule has 2 rings (SSSR count). The van der Waals surface area contributed by atoms with Gasteiger partial charge in [-0.25, -0.2) is 0 Å². The molecule has 4 heteroatoms. The van der Waals surface area contributed by atoms with Crippen molar-refractivity contribution < 1.29 is 0 Å². The predicted molar refractivity (Wildman–Crippen MR) is 55.6 cm³/mol. The fraction of sp³-hybridized carbons (Fsp3) is 0.667. The molecule has 0 aromatic carbocycles. The maximum atomic E-state index is 6.16. The van der Waals surface area contributed by atoms with Crippen molar-refractivity contribution in [1.82, 2.24) is 9.78 Å². The Morgan fingerprint density at radius 3 is 3.15 bits per heavy atom. The van der Waals surface area contributed by atoms with E-state index in [2.05, 4.69) is 5.10 Å². The minimum absolute atomic E-state index is 0.153. The van der Waals surface area contributed by atoms with Gasteiger partial charge in [-0.15, -0.1) is 0 Å². The number of hydrogen-bond acceptors (Lipinski definition) is 3. The van der Waals surface area contributed by atoms with Gasteiger partial charge in [-0.3, -0.25) is 4.68 Å². The molecule has 0 saturated carbocycles. The first kappa shape index (κ1) is 9.09. The summed E-state index contributed by atoms with van der Waals surface area (Å²) in [5.74, 6) is 1.26. The van der Waals surface area contributed by atoms with Crippen molar-refractivity contribution >= 4 is 11.8 Å². The lowest BCUT2D eigenvalue weighted by Gasteiger charge is -2.17. The predicted octanol–water partition coefficient (Wildman–Crippen LogP) is 1.32. The average molecular weight is 197 g/mol. The number of nitrogens with two attached hydrogens (primary N) is 1. The minimum atomic E-state index is 0.153. The molecule has 2 heterocycles. The average Bonchev–Trinajstić information content (AvgIpc) is 2.72. The third-order valence-electron chi connectivity index (χ3n) is 2.57. The molecule has 1 aliphatic rings. The molecular weight excluding hydrogens is 182 g/mol. The monoisotopic (exact) mass is 197 g/mol. The highest BCUT2D eigenvalue weighted by molar-refractivity contribution is 8.00. The highest BCUT2D eigenvalue weighted by Crippen LogP contribution is 2.34. The summed E-state index contributed by atoms with van der Waals surface area (Å²) in [6.45, 7) is 0. The van der Waals surface area contributed by atoms with Crippen molar-refractivity contribution in [3.05, 3.63) is 18.0 Å². The van der Waals surface area contributed by atoms with Gasteiger partial charge in [-0.1, -0.05) is 0 Å². The fourth-order valence-corrected chi connectivity index (χ4v) is 3.10. The lowest BCUT2D eigenvalue weighted by Crippen LogP contribution is -2.24. The molecule has 1 aromatic rings. The lowest BCUT2D eigenvalue weighted by atomic mass is 10.1. The van der Waals surface area contributed by atoms with Crippen LogP contribution in [0, 0.1) is 0 Å². The van der Waals surface area contributed by atoms with Crippen LogP contribution in [0.15, 0.2) is 12.3 Å². The number of aromatic nitrogens is 2. The number of nitrogens with zero attached hydrogens (tertiary/aromatic N) is 2. The smallest absolute Gasteiger partial charge is 0.0587 e. The second-order valence-corrected chi connectivity index (χ2v) is 4.80. The number of aryl methyl sites for hydroxylation is 1. The van der Waals surface area contributed by atoms with E-state index >= 15 is 0 Å². The van der Waals surface area contributed by atoms with E-state index in [9.17, 15) is 0 Å². The van der Waals surface area contributed by atoms with E-state index in [-0.39, 0.29) is 6.04 Å². The Bertz CT molecular complexity index is 278. The zero-order valence-corrected chi connectivity index (χ0v) is 8.63. The molecule has 2 unspecified atom stereocenters. The van der Waals surface area contributed by atoms with Crippen molar-refractivity contribution in [2.24, 2.45) is 12.8 Å². The first-order chi connectivity index (χ1) is 6.29. The highest BCUT2D eigenvalue weighted by Gasteiger charge is 2.25. The third kappa shape index (κ3) is 1.74. The van der Waals surface area contributed by atoms with Crippen LogP contribution in [-0.2, 0) is 7.05 Å². The lowest BCUT2D eigenvalue weighted by molar-refractivity contribution is 0.582. The van der Waals surface area contributed by atoms with Crippen LogP contribution in [0.3, 0.4) is 0 Å². The maximum Gasteiger partial charge on any atom is 0.0587 e. The zero-order chi connectivity index (χ0) is 9.26. The molecule has 1 fully saturated rings. The molecule has 3 nitrogen and oxygen atoms in total. The Morgan fingerprint density at radius 2 is 2.62 bits per heavy atom. The number of hydrogen-bond donors (Lipinski definition) is 1. The molecule has 1 saturated heterocycles. The van der Waals surface area contributed by atoms with Gasteiger partial charge in [0.2, 0.25) is 0 Å². The van der Waals surface area contributed by atoms with Gasteiger partial charge in [-0.05, 0) is 24.7 Å². The fourth-order valence-electron chi connectivity index (χ4n) is 1.79. The van der Waals surface area contributed by atoms with Crippen LogP contribution < -0.4 is 5.73 Å². The van der Waals surface area contributed by atoms with Gasteiger partial charge in [0.15, 0.2) is 0 Å². The van der Waals surface area contributed by atoms with Gasteiger partial charge in [0.05, 0.1) is 11.7 Å². The normalized spacial score (nSPS) is 24.9. The largest absolute Gasteiger partial charge is 0.322 e. The molecule has 0 aliphatic carbocycles. The molecule has 1 aromatic heterocycles. The SMILES string of the molecule is Cn1nccc1C(N)C1CCCS1. The van der Waals surface area contributed by atoms with Crippen molar-refractivity contribution in [1.29, 1.82) is 0 Å². The summed E-state index contributed by atoms with van der Waals surface area (Å²) in [5, 5.41) is 4.73. The summed E-state index contributed by atoms with van der Waals surface area (Å²) in [7, 11) is 1.95. The van der Waals surface area contributed by atoms with Crippen molar-refractivity contribution in [2.75, 3.05) is 5.75 Å². The summed E-state index contributed by atoms with van der Waals surface area (Å²) in [6.07, 6.45) is 4.37. The van der Waals surface area contributed by atoms with Crippen molar-refractivity contribution in [3.63, 3.8) is 0 Å². The van der Waals surface area contributed by atoms with Crippen LogP contribution in [0.2, 0.25) is 0 Å². The van der Waals surface area contributed by atoms with Gasteiger partial charge in [0.1, 0.15) is 0 Å². The molecule has 1 aliphatic heterocycles. The summed E-state index contributed by atoms with van der Waals surface area (Å²) >= 11 is 1.99. The Balaban J connectivity index is 2.12. The molecule has 13 heavy (non-hydrogen) atoms. The van der Waals surface area contributed by atoms with Gasteiger partial charge < -0.3 is 5.73 Å². The second-order valence-electron chi connectivity index (χ2n) is 3.46. The van der Waals surface area contributed by atoms with E-state index in [0.29, 0.717) is 5.25 Å². The maximum absolute atomic E-state index is 6.16. The second kappa shape index (κ2) is 3.72. The summed E-state index contributed by atoms with van der Waals surface area (Å²) in [4.78, 5) is 0. The molecule has 0 bridgehead atoms. The first-order valence-corrected chi connectivity index (χ1v) is 5.69. The molecule has 2 atom stereocenters. The van der Waals surface area contributed by atoms with Crippen LogP contribution in [0.25, 0.3) is 0 Å². The van der Waals surface area contributed by atoms with Crippen molar-refractivity contribution in [2.45, 2.75) is 24.1 Å². The van der Waals surface area contributed by atoms with E-state index < -0.39 is 0 Å². The van der Waals surface area contributed by atoms with Crippen LogP contribution in [-0.4, -0.2) is 20.8 Å². The Morgan fingerprint density at radius 1 is 1.77 bits per heavy atom. The van der Waals surface area contributed by atoms with Crippen LogP contribution in [0.1, 0.15) is 24.6 Å². The van der Waals surface area contributed by atoms with E-state index in [1.807, 2.05) is 35.8 Å². The molecule has 0 amide bonds. The minimum Gasteiger partial charge on any atom is -0.322 e. The first-order valence-electron chi connectivity index (χ1n) is 4.64. The zero-order valence-electron chi connectivity index (χ0n) is 7.81. The Labute approximate surface area is 82.7 Å². The molecular formula is C9H15N3S. The topological polar surface area (TPSA) is 43.8 Å². The molecule has 0 spiro atoms. The standard InChI is InChI=1S/C9H15N3S/c1-12-7(4-5-11-12)9(10)8-3-2-6-13-8/h4-5,8-9H,2-3,6,10H2,1H3. The van der Waals surface area contributed by atoms with E-state index in [4.69, 9.17) is 5.73 Å². The van der Waals surface area contributed by atoms with Crippen LogP contribution in [0.4, 0.5) is 0 Å². The van der Waals surface area contributed by atoms with Gasteiger partial charge >= 0.3 is 0 Å².